The summed E-state index contributed by atoms with van der Waals surface area (Å²) in [6, 6.07) is 0.754. The maximum absolute atomic E-state index is 11.6. The number of esters is 1. The van der Waals surface area contributed by atoms with E-state index in [2.05, 4.69) is 6.08 Å². The lowest BCUT2D eigenvalue weighted by molar-refractivity contribution is -0.143. The molecule has 0 aliphatic heterocycles. The minimum absolute atomic E-state index is 0.0152. The van der Waals surface area contributed by atoms with Crippen molar-refractivity contribution in [2.24, 2.45) is 0 Å². The summed E-state index contributed by atoms with van der Waals surface area (Å²) in [5.41, 5.74) is 0. The molecular formula is C13H24O5SSi. The minimum atomic E-state index is -2.46. The van der Waals surface area contributed by atoms with Gasteiger partial charge in [0.1, 0.15) is 6.10 Å². The number of hydrogen-bond acceptors (Lipinski definition) is 6. The lowest BCUT2D eigenvalue weighted by atomic mass is 10.3. The number of allylic oxidation sites excluding steroid dienone is 1. The first kappa shape index (κ1) is 17.7. The van der Waals surface area contributed by atoms with Crippen LogP contribution in [0.25, 0.3) is 0 Å². The number of carbonyl (C=O) groups is 1. The molecule has 116 valence electrons. The van der Waals surface area contributed by atoms with E-state index in [1.807, 2.05) is 6.08 Å². The number of ether oxygens (including phenoxy) is 1. The van der Waals surface area contributed by atoms with Gasteiger partial charge < -0.3 is 18.0 Å². The number of thioether (sulfide) groups is 1. The van der Waals surface area contributed by atoms with Gasteiger partial charge in [-0.05, 0) is 31.1 Å². The predicted octanol–water partition coefficient (Wildman–Crippen LogP) is 2.25. The van der Waals surface area contributed by atoms with Crippen LogP contribution in [0.5, 0.6) is 0 Å². The highest BCUT2D eigenvalue weighted by Gasteiger charge is 2.36. The van der Waals surface area contributed by atoms with Gasteiger partial charge in [-0.15, -0.1) is 0 Å². The van der Waals surface area contributed by atoms with Gasteiger partial charge in [0, 0.05) is 27.4 Å². The zero-order valence-corrected chi connectivity index (χ0v) is 14.2. The van der Waals surface area contributed by atoms with E-state index in [0.29, 0.717) is 5.75 Å². The average Bonchev–Trinajstić information content (AvgIpc) is 2.96. The third-order valence-electron chi connectivity index (χ3n) is 3.18. The van der Waals surface area contributed by atoms with Crippen molar-refractivity contribution in [2.75, 3.05) is 32.8 Å². The second-order valence-electron chi connectivity index (χ2n) is 4.49. The SMILES string of the molecule is CO[Si](CCCSCC(=O)OC1C=CCC1)(OC)OC. The van der Waals surface area contributed by atoms with Gasteiger partial charge in [0.25, 0.3) is 0 Å². The van der Waals surface area contributed by atoms with Gasteiger partial charge in [-0.3, -0.25) is 4.79 Å². The smallest absolute Gasteiger partial charge is 0.458 e. The summed E-state index contributed by atoms with van der Waals surface area (Å²) in [5.74, 6) is 1.12. The Bertz CT molecular complexity index is 312. The summed E-state index contributed by atoms with van der Waals surface area (Å²) in [6.45, 7) is 0. The summed E-state index contributed by atoms with van der Waals surface area (Å²) in [7, 11) is 2.37. The molecule has 1 rings (SSSR count). The van der Waals surface area contributed by atoms with Crippen LogP contribution in [0.2, 0.25) is 6.04 Å². The summed E-state index contributed by atoms with van der Waals surface area (Å²) in [6.07, 6.45) is 6.80. The second kappa shape index (κ2) is 9.57. The Hall–Kier alpha value is -0.343. The van der Waals surface area contributed by atoms with Crippen molar-refractivity contribution in [3.05, 3.63) is 12.2 Å². The van der Waals surface area contributed by atoms with Crippen LogP contribution in [0.4, 0.5) is 0 Å². The molecule has 0 aromatic rings. The Balaban J connectivity index is 2.09. The molecule has 20 heavy (non-hydrogen) atoms. The third kappa shape index (κ3) is 5.97. The van der Waals surface area contributed by atoms with Crippen molar-refractivity contribution in [3.8, 4) is 0 Å². The Labute approximate surface area is 126 Å². The molecule has 0 aromatic carbocycles. The average molecular weight is 320 g/mol. The highest BCUT2D eigenvalue weighted by Crippen LogP contribution is 2.18. The normalized spacial score (nSPS) is 18.4. The quantitative estimate of drug-likeness (QED) is 0.266. The van der Waals surface area contributed by atoms with Crippen LogP contribution in [0.3, 0.4) is 0 Å². The Morgan fingerprint density at radius 2 is 2.00 bits per heavy atom. The van der Waals surface area contributed by atoms with E-state index < -0.39 is 8.80 Å². The molecule has 5 nitrogen and oxygen atoms in total. The van der Waals surface area contributed by atoms with Crippen molar-refractivity contribution in [1.29, 1.82) is 0 Å². The van der Waals surface area contributed by atoms with Crippen molar-refractivity contribution in [2.45, 2.75) is 31.4 Å². The molecule has 0 amide bonds. The standard InChI is InChI=1S/C13H24O5SSi/c1-15-20(16-2,17-3)10-6-9-19-11-13(14)18-12-7-4-5-8-12/h4,7,12H,5-6,8-11H2,1-3H3. The van der Waals surface area contributed by atoms with E-state index in [4.69, 9.17) is 18.0 Å². The van der Waals surface area contributed by atoms with E-state index in [-0.39, 0.29) is 12.1 Å². The largest absolute Gasteiger partial charge is 0.500 e. The van der Waals surface area contributed by atoms with Crippen LogP contribution in [0.1, 0.15) is 19.3 Å². The lowest BCUT2D eigenvalue weighted by Crippen LogP contribution is -2.42. The highest BCUT2D eigenvalue weighted by molar-refractivity contribution is 7.99. The molecule has 0 saturated carbocycles. The fraction of sp³-hybridized carbons (Fsp3) is 0.769. The minimum Gasteiger partial charge on any atom is -0.458 e. The fourth-order valence-electron chi connectivity index (χ4n) is 2.01. The number of carbonyl (C=O) groups excluding carboxylic acids is 1. The second-order valence-corrected chi connectivity index (χ2v) is 8.68. The van der Waals surface area contributed by atoms with Crippen LogP contribution in [-0.4, -0.2) is 53.7 Å². The first-order valence-corrected chi connectivity index (χ1v) is 9.84. The molecule has 0 spiro atoms. The van der Waals surface area contributed by atoms with Gasteiger partial charge in [-0.1, -0.05) is 6.08 Å². The van der Waals surface area contributed by atoms with Gasteiger partial charge in [0.05, 0.1) is 5.75 Å². The molecule has 1 atom stereocenters. The van der Waals surface area contributed by atoms with Gasteiger partial charge in [-0.25, -0.2) is 0 Å². The Morgan fingerprint density at radius 3 is 2.55 bits per heavy atom. The van der Waals surface area contributed by atoms with Gasteiger partial charge in [0.2, 0.25) is 0 Å². The van der Waals surface area contributed by atoms with Gasteiger partial charge in [-0.2, -0.15) is 11.8 Å². The summed E-state index contributed by atoms with van der Waals surface area (Å²) in [4.78, 5) is 11.6. The van der Waals surface area contributed by atoms with E-state index in [9.17, 15) is 4.79 Å². The molecular weight excluding hydrogens is 296 g/mol. The molecule has 0 heterocycles. The van der Waals surface area contributed by atoms with Crippen LogP contribution in [-0.2, 0) is 22.8 Å². The van der Waals surface area contributed by atoms with Gasteiger partial charge in [0.15, 0.2) is 0 Å². The number of rotatable bonds is 10. The maximum atomic E-state index is 11.6. The maximum Gasteiger partial charge on any atom is 0.500 e. The van der Waals surface area contributed by atoms with Crippen LogP contribution in [0.15, 0.2) is 12.2 Å². The Morgan fingerprint density at radius 1 is 1.30 bits per heavy atom. The molecule has 7 heteroatoms. The van der Waals surface area contributed by atoms with E-state index in [1.165, 1.54) is 0 Å². The van der Waals surface area contributed by atoms with Crippen molar-refractivity contribution in [3.63, 3.8) is 0 Å². The van der Waals surface area contributed by atoms with E-state index >= 15 is 0 Å². The lowest BCUT2D eigenvalue weighted by Gasteiger charge is -2.24. The molecule has 0 fully saturated rings. The zero-order valence-electron chi connectivity index (χ0n) is 12.4. The van der Waals surface area contributed by atoms with Crippen LogP contribution >= 0.6 is 11.8 Å². The monoisotopic (exact) mass is 320 g/mol. The van der Waals surface area contributed by atoms with Crippen molar-refractivity contribution < 1.29 is 22.8 Å². The molecule has 1 aliphatic carbocycles. The third-order valence-corrected chi connectivity index (χ3v) is 7.03. The first-order valence-electron chi connectivity index (χ1n) is 6.75. The molecule has 1 unspecified atom stereocenters. The molecule has 0 aromatic heterocycles. The van der Waals surface area contributed by atoms with Crippen LogP contribution < -0.4 is 0 Å². The molecule has 0 saturated heterocycles. The van der Waals surface area contributed by atoms with Crippen LogP contribution in [0, 0.1) is 0 Å². The first-order chi connectivity index (χ1) is 9.65. The molecule has 0 bridgehead atoms. The number of hydrogen-bond donors (Lipinski definition) is 0. The molecule has 0 N–H and O–H groups in total. The van der Waals surface area contributed by atoms with Gasteiger partial charge >= 0.3 is 14.8 Å². The summed E-state index contributed by atoms with van der Waals surface area (Å²) >= 11 is 1.57. The van der Waals surface area contributed by atoms with Crippen molar-refractivity contribution >= 4 is 26.5 Å². The summed E-state index contributed by atoms with van der Waals surface area (Å²) in [5, 5.41) is 0. The molecule has 1 aliphatic rings. The predicted molar refractivity (Wildman–Crippen MR) is 81.8 cm³/mol. The zero-order chi connectivity index (χ0) is 14.8. The topological polar surface area (TPSA) is 54.0 Å². The highest BCUT2D eigenvalue weighted by atomic mass is 32.2. The Kier molecular flexibility index (Phi) is 8.47. The fourth-order valence-corrected chi connectivity index (χ4v) is 4.71. The van der Waals surface area contributed by atoms with E-state index in [1.54, 1.807) is 33.1 Å². The summed E-state index contributed by atoms with van der Waals surface area (Å²) < 4.78 is 21.3. The molecule has 0 radical (unpaired) electrons. The van der Waals surface area contributed by atoms with Crippen molar-refractivity contribution in [1.82, 2.24) is 0 Å². The van der Waals surface area contributed by atoms with E-state index in [0.717, 1.165) is 31.1 Å².